The molecule has 0 aromatic heterocycles. The van der Waals surface area contributed by atoms with Crippen LogP contribution in [-0.2, 0) is 4.79 Å². The van der Waals surface area contributed by atoms with Crippen LogP contribution in [0.15, 0.2) is 4.99 Å². The molecule has 0 aromatic rings. The van der Waals surface area contributed by atoms with Gasteiger partial charge in [-0.2, -0.15) is 13.2 Å². The Morgan fingerprint density at radius 2 is 1.76 bits per heavy atom. The minimum atomic E-state index is -4.15. The van der Waals surface area contributed by atoms with E-state index in [0.717, 1.165) is 5.96 Å². The molecule has 0 radical (unpaired) electrons. The molecule has 146 valence electrons. The Bertz CT molecular complexity index is 467. The van der Waals surface area contributed by atoms with Gasteiger partial charge in [0.25, 0.3) is 0 Å². The van der Waals surface area contributed by atoms with Gasteiger partial charge in [-0.15, -0.1) is 24.0 Å². The summed E-state index contributed by atoms with van der Waals surface area (Å²) >= 11 is 0. The molecule has 2 aliphatic heterocycles. The van der Waals surface area contributed by atoms with Gasteiger partial charge in [-0.3, -0.25) is 14.7 Å². The van der Waals surface area contributed by atoms with Crippen molar-refractivity contribution in [3.63, 3.8) is 0 Å². The SMILES string of the molecule is CCN=C(NC1CCN(CC(F)(F)F)C1)N1CCN(C(C)=O)CC1.I. The van der Waals surface area contributed by atoms with E-state index < -0.39 is 12.7 Å². The Morgan fingerprint density at radius 3 is 2.28 bits per heavy atom. The van der Waals surface area contributed by atoms with E-state index in [1.54, 1.807) is 11.8 Å². The predicted molar refractivity (Wildman–Crippen MR) is 101 cm³/mol. The molecule has 0 saturated carbocycles. The van der Waals surface area contributed by atoms with Gasteiger partial charge in [0, 0.05) is 58.8 Å². The number of rotatable bonds is 3. The van der Waals surface area contributed by atoms with Crippen LogP contribution in [0.5, 0.6) is 0 Å². The van der Waals surface area contributed by atoms with Gasteiger partial charge in [0.1, 0.15) is 0 Å². The van der Waals surface area contributed by atoms with E-state index in [1.807, 2.05) is 6.92 Å². The van der Waals surface area contributed by atoms with Crippen molar-refractivity contribution in [1.29, 1.82) is 0 Å². The molecule has 0 spiro atoms. The number of aliphatic imine (C=N–C) groups is 1. The summed E-state index contributed by atoms with van der Waals surface area (Å²) in [4.78, 5) is 21.2. The fraction of sp³-hybridized carbons (Fsp3) is 0.867. The summed E-state index contributed by atoms with van der Waals surface area (Å²) in [5.41, 5.74) is 0. The highest BCUT2D eigenvalue weighted by Crippen LogP contribution is 2.20. The van der Waals surface area contributed by atoms with Crippen LogP contribution in [0.1, 0.15) is 20.3 Å². The zero-order valence-electron chi connectivity index (χ0n) is 14.7. The number of likely N-dealkylation sites (tertiary alicyclic amines) is 1. The summed E-state index contributed by atoms with van der Waals surface area (Å²) in [6.45, 7) is 6.70. The van der Waals surface area contributed by atoms with Crippen molar-refractivity contribution in [2.75, 3.05) is 52.4 Å². The van der Waals surface area contributed by atoms with Crippen LogP contribution in [0.25, 0.3) is 0 Å². The molecule has 25 heavy (non-hydrogen) atoms. The number of carbonyl (C=O) groups is 1. The van der Waals surface area contributed by atoms with Gasteiger partial charge in [0.05, 0.1) is 6.54 Å². The number of nitrogens with zero attached hydrogens (tertiary/aromatic N) is 4. The van der Waals surface area contributed by atoms with Crippen molar-refractivity contribution in [1.82, 2.24) is 20.0 Å². The Balaban J connectivity index is 0.00000312. The molecule has 2 rings (SSSR count). The van der Waals surface area contributed by atoms with Crippen LogP contribution in [0.2, 0.25) is 0 Å². The molecular formula is C15H27F3IN5O. The minimum Gasteiger partial charge on any atom is -0.352 e. The number of piperazine rings is 1. The number of amides is 1. The maximum Gasteiger partial charge on any atom is 0.401 e. The molecule has 2 saturated heterocycles. The van der Waals surface area contributed by atoms with Gasteiger partial charge >= 0.3 is 6.18 Å². The highest BCUT2D eigenvalue weighted by Gasteiger charge is 2.35. The summed E-state index contributed by atoms with van der Waals surface area (Å²) in [6.07, 6.45) is -3.48. The van der Waals surface area contributed by atoms with Crippen molar-refractivity contribution < 1.29 is 18.0 Å². The first-order valence-electron chi connectivity index (χ1n) is 8.39. The fourth-order valence-electron chi connectivity index (χ4n) is 3.15. The van der Waals surface area contributed by atoms with Crippen molar-refractivity contribution in [2.24, 2.45) is 4.99 Å². The number of hydrogen-bond donors (Lipinski definition) is 1. The minimum absolute atomic E-state index is 0. The molecule has 2 aliphatic rings. The number of halogens is 4. The standard InChI is InChI=1S/C15H26F3N5O.HI/c1-3-19-14(23-8-6-22(7-9-23)12(2)24)20-13-4-5-21(10-13)11-15(16,17)18;/h13H,3-11H2,1-2H3,(H,19,20);1H. The number of carbonyl (C=O) groups excluding carboxylic acids is 1. The van der Waals surface area contributed by atoms with Crippen LogP contribution in [0.4, 0.5) is 13.2 Å². The predicted octanol–water partition coefficient (Wildman–Crippen LogP) is 1.37. The monoisotopic (exact) mass is 477 g/mol. The second-order valence-electron chi connectivity index (χ2n) is 6.27. The van der Waals surface area contributed by atoms with Crippen molar-refractivity contribution >= 4 is 35.8 Å². The van der Waals surface area contributed by atoms with Crippen LogP contribution < -0.4 is 5.32 Å². The molecule has 2 fully saturated rings. The number of hydrogen-bond acceptors (Lipinski definition) is 3. The summed E-state index contributed by atoms with van der Waals surface area (Å²) < 4.78 is 37.5. The van der Waals surface area contributed by atoms with Gasteiger partial charge in [0.15, 0.2) is 5.96 Å². The lowest BCUT2D eigenvalue weighted by Crippen LogP contribution is -2.55. The smallest absolute Gasteiger partial charge is 0.352 e. The normalized spacial score (nSPS) is 22.8. The lowest BCUT2D eigenvalue weighted by molar-refractivity contribution is -0.143. The second kappa shape index (κ2) is 9.79. The Morgan fingerprint density at radius 1 is 1.16 bits per heavy atom. The van der Waals surface area contributed by atoms with E-state index in [2.05, 4.69) is 15.2 Å². The van der Waals surface area contributed by atoms with E-state index in [-0.39, 0.29) is 35.9 Å². The molecule has 1 amide bonds. The summed E-state index contributed by atoms with van der Waals surface area (Å²) in [5, 5.41) is 3.31. The first kappa shape index (κ1) is 22.3. The lowest BCUT2D eigenvalue weighted by atomic mass is 10.2. The molecule has 1 atom stereocenters. The average molecular weight is 477 g/mol. The maximum atomic E-state index is 12.5. The molecule has 0 aliphatic carbocycles. The average Bonchev–Trinajstić information content (AvgIpc) is 2.92. The molecule has 0 bridgehead atoms. The quantitative estimate of drug-likeness (QED) is 0.379. The van der Waals surface area contributed by atoms with E-state index in [9.17, 15) is 18.0 Å². The second-order valence-corrected chi connectivity index (χ2v) is 6.27. The first-order chi connectivity index (χ1) is 11.3. The Labute approximate surface area is 163 Å². The molecule has 6 nitrogen and oxygen atoms in total. The zero-order valence-corrected chi connectivity index (χ0v) is 17.0. The molecule has 10 heteroatoms. The van der Waals surface area contributed by atoms with E-state index in [1.165, 1.54) is 4.90 Å². The lowest BCUT2D eigenvalue weighted by Gasteiger charge is -2.37. The van der Waals surface area contributed by atoms with Gasteiger partial charge in [-0.05, 0) is 13.3 Å². The van der Waals surface area contributed by atoms with Crippen molar-refractivity contribution in [3.8, 4) is 0 Å². The van der Waals surface area contributed by atoms with Crippen LogP contribution in [-0.4, -0.2) is 91.1 Å². The third-order valence-electron chi connectivity index (χ3n) is 4.34. The topological polar surface area (TPSA) is 51.2 Å². The van der Waals surface area contributed by atoms with E-state index in [4.69, 9.17) is 0 Å². The molecular weight excluding hydrogens is 450 g/mol. The number of guanidine groups is 1. The summed E-state index contributed by atoms with van der Waals surface area (Å²) in [5.74, 6) is 0.801. The molecule has 2 heterocycles. The third kappa shape index (κ3) is 7.16. The molecule has 1 N–H and O–H groups in total. The van der Waals surface area contributed by atoms with Crippen LogP contribution in [0.3, 0.4) is 0 Å². The van der Waals surface area contributed by atoms with Crippen molar-refractivity contribution in [3.05, 3.63) is 0 Å². The highest BCUT2D eigenvalue weighted by molar-refractivity contribution is 14.0. The van der Waals surface area contributed by atoms with Crippen molar-refractivity contribution in [2.45, 2.75) is 32.5 Å². The van der Waals surface area contributed by atoms with E-state index >= 15 is 0 Å². The summed E-state index contributed by atoms with van der Waals surface area (Å²) in [7, 11) is 0. The van der Waals surface area contributed by atoms with Crippen LogP contribution >= 0.6 is 24.0 Å². The van der Waals surface area contributed by atoms with Gasteiger partial charge in [-0.1, -0.05) is 0 Å². The van der Waals surface area contributed by atoms with Gasteiger partial charge in [0.2, 0.25) is 5.91 Å². The Kier molecular flexibility index (Phi) is 8.72. The Hall–Kier alpha value is -0.780. The molecule has 1 unspecified atom stereocenters. The fourth-order valence-corrected chi connectivity index (χ4v) is 3.15. The zero-order chi connectivity index (χ0) is 17.7. The summed E-state index contributed by atoms with van der Waals surface area (Å²) in [6, 6.07) is -0.0245. The van der Waals surface area contributed by atoms with Gasteiger partial charge in [-0.25, -0.2) is 0 Å². The largest absolute Gasteiger partial charge is 0.401 e. The van der Waals surface area contributed by atoms with E-state index in [0.29, 0.717) is 52.2 Å². The maximum absolute atomic E-state index is 12.5. The number of alkyl halides is 3. The highest BCUT2D eigenvalue weighted by atomic mass is 127. The van der Waals surface area contributed by atoms with Crippen LogP contribution in [0, 0.1) is 0 Å². The number of nitrogens with one attached hydrogen (secondary N) is 1. The first-order valence-corrected chi connectivity index (χ1v) is 8.39. The molecule has 0 aromatic carbocycles. The van der Waals surface area contributed by atoms with Gasteiger partial charge < -0.3 is 15.1 Å². The third-order valence-corrected chi connectivity index (χ3v) is 4.34.